The maximum absolute atomic E-state index is 4.90. The van der Waals surface area contributed by atoms with Crippen molar-refractivity contribution in [1.82, 2.24) is 4.98 Å². The summed E-state index contributed by atoms with van der Waals surface area (Å²) in [6.07, 6.45) is 5.87. The molecule has 10 rings (SSSR count). The molecule has 0 fully saturated rings. The normalized spacial score (nSPS) is 16.8. The number of rotatable bonds is 5. The van der Waals surface area contributed by atoms with Crippen LogP contribution in [0.3, 0.4) is 0 Å². The molecule has 3 aliphatic rings. The highest BCUT2D eigenvalue weighted by molar-refractivity contribution is 5.93. The molecule has 7 aromatic rings. The van der Waals surface area contributed by atoms with Crippen molar-refractivity contribution in [3.63, 3.8) is 0 Å². The van der Waals surface area contributed by atoms with E-state index in [1.165, 1.54) is 89.0 Å². The van der Waals surface area contributed by atoms with Gasteiger partial charge in [-0.15, -0.1) is 0 Å². The van der Waals surface area contributed by atoms with Gasteiger partial charge in [0, 0.05) is 33.6 Å². The molecule has 57 heavy (non-hydrogen) atoms. The molecule has 0 atom stereocenters. The first-order valence-electron chi connectivity index (χ1n) is 20.2. The second-order valence-corrected chi connectivity index (χ2v) is 17.7. The third-order valence-electron chi connectivity index (χ3n) is 13.5. The molecule has 0 N–H and O–H groups in total. The molecule has 0 aliphatic heterocycles. The maximum Gasteiger partial charge on any atom is 0.0780 e. The Morgan fingerprint density at radius 2 is 0.842 bits per heavy atom. The van der Waals surface area contributed by atoms with Gasteiger partial charge in [0.05, 0.1) is 5.69 Å². The van der Waals surface area contributed by atoms with E-state index in [0.29, 0.717) is 0 Å². The lowest BCUT2D eigenvalue weighted by atomic mass is 9.79. The lowest BCUT2D eigenvalue weighted by Gasteiger charge is -2.24. The Bertz CT molecular complexity index is 2890. The zero-order chi connectivity index (χ0) is 39.4. The Balaban J connectivity index is 0.983. The van der Waals surface area contributed by atoms with Crippen molar-refractivity contribution in [1.29, 1.82) is 0 Å². The molecule has 0 bridgehead atoms. The van der Waals surface area contributed by atoms with Crippen molar-refractivity contribution in [2.75, 3.05) is 0 Å². The van der Waals surface area contributed by atoms with Gasteiger partial charge in [-0.25, -0.2) is 0 Å². The van der Waals surface area contributed by atoms with Gasteiger partial charge in [-0.3, -0.25) is 4.98 Å². The van der Waals surface area contributed by atoms with Crippen LogP contribution in [-0.2, 0) is 16.2 Å². The van der Waals surface area contributed by atoms with Crippen molar-refractivity contribution in [3.05, 3.63) is 204 Å². The fourth-order valence-corrected chi connectivity index (χ4v) is 10.1. The summed E-state index contributed by atoms with van der Waals surface area (Å²) in [7, 11) is 0. The number of fused-ring (bicyclic) bond motifs is 7. The summed E-state index contributed by atoms with van der Waals surface area (Å²) in [5, 5.41) is 0. The van der Waals surface area contributed by atoms with Crippen molar-refractivity contribution in [3.8, 4) is 66.9 Å². The fraction of sp³-hybridized carbons (Fsp3) is 0.161. The lowest BCUT2D eigenvalue weighted by molar-refractivity contribution is 0.659. The van der Waals surface area contributed by atoms with Crippen LogP contribution >= 0.6 is 0 Å². The highest BCUT2D eigenvalue weighted by Gasteiger charge is 2.39. The van der Waals surface area contributed by atoms with Crippen LogP contribution in [0.4, 0.5) is 0 Å². The summed E-state index contributed by atoms with van der Waals surface area (Å²) < 4.78 is 0. The van der Waals surface area contributed by atoms with Crippen molar-refractivity contribution in [2.45, 2.75) is 57.8 Å². The molecule has 3 aliphatic carbocycles. The number of allylic oxidation sites excluding steroid dienone is 4. The Morgan fingerprint density at radius 3 is 1.32 bits per heavy atom. The fourth-order valence-electron chi connectivity index (χ4n) is 10.1. The van der Waals surface area contributed by atoms with Crippen LogP contribution < -0.4 is 0 Å². The lowest BCUT2D eigenvalue weighted by Crippen LogP contribution is -2.16. The molecular weight excluding hydrogens is 687 g/mol. The van der Waals surface area contributed by atoms with E-state index in [4.69, 9.17) is 4.98 Å². The predicted molar refractivity (Wildman–Crippen MR) is 241 cm³/mol. The van der Waals surface area contributed by atoms with Crippen molar-refractivity contribution < 1.29 is 0 Å². The molecule has 1 nitrogen and oxygen atoms in total. The molecule has 276 valence electrons. The highest BCUT2D eigenvalue weighted by Crippen LogP contribution is 2.54. The summed E-state index contributed by atoms with van der Waals surface area (Å²) in [5.74, 6) is 0. The number of nitrogens with zero attached hydrogens (tertiary/aromatic N) is 1. The SMILES string of the molecule is C=C/C=C1\C(=C)C(C)(C)c2cc(-c3ccc4c(c3)C(C)(C)c3cc(-c5ccc6c(c5)C(C)(C)c5cc(-c7ncccc7-c7ccccc7)ccc5-6)ccc3-4)ccc21. The van der Waals surface area contributed by atoms with Gasteiger partial charge in [0.25, 0.3) is 0 Å². The average Bonchev–Trinajstić information content (AvgIpc) is 3.68. The van der Waals surface area contributed by atoms with Gasteiger partial charge in [0.1, 0.15) is 0 Å². The predicted octanol–water partition coefficient (Wildman–Crippen LogP) is 14.8. The third kappa shape index (κ3) is 5.11. The molecule has 0 radical (unpaired) electrons. The van der Waals surface area contributed by atoms with E-state index in [2.05, 4.69) is 188 Å². The van der Waals surface area contributed by atoms with Crippen LogP contribution in [0.5, 0.6) is 0 Å². The second-order valence-electron chi connectivity index (χ2n) is 17.7. The van der Waals surface area contributed by atoms with Crippen LogP contribution in [0.25, 0.3) is 72.5 Å². The maximum atomic E-state index is 4.90. The smallest absolute Gasteiger partial charge is 0.0780 e. The number of benzene rings is 6. The standard InChI is InChI=1S/C56H47N/c1-9-14-41-34(2)54(3,4)48-29-36(18-23-43(41)48)37-19-24-44-45-25-20-38(31-50(45)55(5,6)49(44)30-37)39-21-26-46-47-27-22-40(33-52(47)56(7,8)51(46)32-39)53-42(17-13-28-57-53)35-15-11-10-12-16-35/h9-33H,1-2H2,3-8H3/b41-14+. The molecule has 0 saturated heterocycles. The number of hydrogen-bond donors (Lipinski definition) is 0. The molecular formula is C56H47N. The Morgan fingerprint density at radius 1 is 0.421 bits per heavy atom. The molecule has 0 amide bonds. The van der Waals surface area contributed by atoms with E-state index in [0.717, 1.165) is 22.4 Å². The minimum atomic E-state index is -0.162. The van der Waals surface area contributed by atoms with E-state index in [1.54, 1.807) is 0 Å². The van der Waals surface area contributed by atoms with E-state index < -0.39 is 0 Å². The number of aromatic nitrogens is 1. The van der Waals surface area contributed by atoms with Crippen LogP contribution in [0.2, 0.25) is 0 Å². The summed E-state index contributed by atoms with van der Waals surface area (Å²) in [6, 6.07) is 50.0. The molecule has 1 heteroatoms. The molecule has 6 aromatic carbocycles. The first-order chi connectivity index (χ1) is 27.4. The van der Waals surface area contributed by atoms with Crippen LogP contribution in [0, 0.1) is 0 Å². The van der Waals surface area contributed by atoms with E-state index in [9.17, 15) is 0 Å². The molecule has 1 heterocycles. The van der Waals surface area contributed by atoms with Gasteiger partial charge in [-0.1, -0.05) is 164 Å². The van der Waals surface area contributed by atoms with Gasteiger partial charge in [-0.2, -0.15) is 0 Å². The Kier molecular flexibility index (Phi) is 7.61. The molecule has 0 spiro atoms. The van der Waals surface area contributed by atoms with Crippen LogP contribution in [0.1, 0.15) is 74.9 Å². The molecule has 1 aromatic heterocycles. The van der Waals surface area contributed by atoms with Gasteiger partial charge in [0.15, 0.2) is 0 Å². The first-order valence-corrected chi connectivity index (χ1v) is 20.2. The minimum absolute atomic E-state index is 0.131. The van der Waals surface area contributed by atoms with Gasteiger partial charge in [0.2, 0.25) is 0 Å². The largest absolute Gasteiger partial charge is 0.256 e. The first kappa shape index (κ1) is 35.1. The van der Waals surface area contributed by atoms with Crippen LogP contribution in [-0.4, -0.2) is 4.98 Å². The Labute approximate surface area is 337 Å². The monoisotopic (exact) mass is 733 g/mol. The third-order valence-corrected chi connectivity index (χ3v) is 13.5. The van der Waals surface area contributed by atoms with Gasteiger partial charge < -0.3 is 0 Å². The summed E-state index contributed by atoms with van der Waals surface area (Å²) in [5.41, 5.74) is 24.8. The van der Waals surface area contributed by atoms with Gasteiger partial charge in [-0.05, 0) is 131 Å². The average molecular weight is 734 g/mol. The van der Waals surface area contributed by atoms with E-state index >= 15 is 0 Å². The summed E-state index contributed by atoms with van der Waals surface area (Å²) in [4.78, 5) is 4.90. The highest BCUT2D eigenvalue weighted by atomic mass is 14.7. The zero-order valence-electron chi connectivity index (χ0n) is 33.8. The van der Waals surface area contributed by atoms with E-state index in [-0.39, 0.29) is 16.2 Å². The quantitative estimate of drug-likeness (QED) is 0.172. The minimum Gasteiger partial charge on any atom is -0.256 e. The zero-order valence-corrected chi connectivity index (χ0v) is 33.8. The van der Waals surface area contributed by atoms with Crippen LogP contribution in [0.15, 0.2) is 171 Å². The number of hydrogen-bond acceptors (Lipinski definition) is 1. The summed E-state index contributed by atoms with van der Waals surface area (Å²) >= 11 is 0. The Hall–Kier alpha value is -6.31. The van der Waals surface area contributed by atoms with Gasteiger partial charge >= 0.3 is 0 Å². The topological polar surface area (TPSA) is 12.9 Å². The second kappa shape index (κ2) is 12.3. The number of pyridine rings is 1. The van der Waals surface area contributed by atoms with Crippen molar-refractivity contribution in [2.24, 2.45) is 0 Å². The molecule has 0 unspecified atom stereocenters. The summed E-state index contributed by atoms with van der Waals surface area (Å²) in [6.45, 7) is 22.5. The molecule has 0 saturated carbocycles. The van der Waals surface area contributed by atoms with Crippen molar-refractivity contribution >= 4 is 5.57 Å². The van der Waals surface area contributed by atoms with E-state index in [1.807, 2.05) is 18.3 Å².